The fourth-order valence-corrected chi connectivity index (χ4v) is 2.37. The molecule has 0 aliphatic heterocycles. The highest BCUT2D eigenvalue weighted by Gasteiger charge is 2.25. The van der Waals surface area contributed by atoms with Crippen LogP contribution in [0.1, 0.15) is 19.3 Å². The first-order valence-corrected chi connectivity index (χ1v) is 7.43. The van der Waals surface area contributed by atoms with Crippen LogP contribution in [0, 0.1) is 0 Å². The van der Waals surface area contributed by atoms with Crippen molar-refractivity contribution in [3.05, 3.63) is 9.75 Å². The molecular formula is C10H14N2O4S3. The van der Waals surface area contributed by atoms with Gasteiger partial charge in [0.05, 0.1) is 0 Å². The third-order valence-electron chi connectivity index (χ3n) is 2.07. The summed E-state index contributed by atoms with van der Waals surface area (Å²) in [6.45, 7) is 0.641. The number of aromatic hydroxyl groups is 2. The fraction of sp³-hybridized carbons (Fsp3) is 0.400. The summed E-state index contributed by atoms with van der Waals surface area (Å²) in [5.74, 6) is -1.39. The van der Waals surface area contributed by atoms with E-state index in [0.717, 1.165) is 11.3 Å². The summed E-state index contributed by atoms with van der Waals surface area (Å²) in [4.78, 5) is 23.2. The molecule has 0 saturated carbocycles. The van der Waals surface area contributed by atoms with Crippen LogP contribution in [0.3, 0.4) is 0 Å². The maximum Gasteiger partial charge on any atom is 0.265 e. The van der Waals surface area contributed by atoms with Crippen LogP contribution < -0.4 is 10.6 Å². The van der Waals surface area contributed by atoms with Gasteiger partial charge < -0.3 is 20.8 Å². The van der Waals surface area contributed by atoms with Crippen LogP contribution in [-0.4, -0.2) is 46.6 Å². The van der Waals surface area contributed by atoms with Crippen molar-refractivity contribution in [1.29, 1.82) is 0 Å². The third kappa shape index (κ3) is 3.95. The van der Waals surface area contributed by atoms with Gasteiger partial charge in [0.1, 0.15) is 9.75 Å². The second-order valence-electron chi connectivity index (χ2n) is 3.42. The van der Waals surface area contributed by atoms with E-state index < -0.39 is 23.3 Å². The highest BCUT2D eigenvalue weighted by atomic mass is 32.1. The normalized spacial score (nSPS) is 10.2. The molecule has 1 aromatic rings. The maximum absolute atomic E-state index is 11.7. The number of amides is 2. The average Bonchev–Trinajstić information content (AvgIpc) is 2.70. The van der Waals surface area contributed by atoms with Gasteiger partial charge in [-0.15, -0.1) is 11.3 Å². The van der Waals surface area contributed by atoms with Gasteiger partial charge in [-0.25, -0.2) is 0 Å². The van der Waals surface area contributed by atoms with Gasteiger partial charge in [0, 0.05) is 24.6 Å². The Morgan fingerprint density at radius 2 is 1.32 bits per heavy atom. The molecule has 1 rings (SSSR count). The SMILES string of the molecule is O=C(NCCS)c1sc(C(=O)NCCS)c(O)c1O. The molecule has 106 valence electrons. The lowest BCUT2D eigenvalue weighted by Gasteiger charge is -2.00. The van der Waals surface area contributed by atoms with Crippen LogP contribution in [0.4, 0.5) is 0 Å². The molecule has 0 unspecified atom stereocenters. The van der Waals surface area contributed by atoms with Gasteiger partial charge in [0.25, 0.3) is 11.8 Å². The summed E-state index contributed by atoms with van der Waals surface area (Å²) in [5, 5.41) is 24.3. The molecule has 0 bridgehead atoms. The largest absolute Gasteiger partial charge is 0.503 e. The van der Waals surface area contributed by atoms with Crippen molar-refractivity contribution in [2.24, 2.45) is 0 Å². The van der Waals surface area contributed by atoms with Gasteiger partial charge in [-0.05, 0) is 0 Å². The smallest absolute Gasteiger partial charge is 0.265 e. The lowest BCUT2D eigenvalue weighted by Crippen LogP contribution is -2.25. The second kappa shape index (κ2) is 7.51. The standard InChI is InChI=1S/C10H14N2O4S3/c13-5-6(14)8(10(16)12-2-4-18)19-7(5)9(15)11-1-3-17/h13-14,17-18H,1-4H2,(H,11,15)(H,12,16). The molecule has 2 amide bonds. The Hall–Kier alpha value is -1.06. The number of hydrogen-bond acceptors (Lipinski definition) is 7. The predicted molar refractivity (Wildman–Crippen MR) is 80.0 cm³/mol. The van der Waals surface area contributed by atoms with Gasteiger partial charge in [-0.2, -0.15) is 25.3 Å². The first-order valence-electron chi connectivity index (χ1n) is 5.35. The van der Waals surface area contributed by atoms with E-state index in [9.17, 15) is 19.8 Å². The Morgan fingerprint density at radius 1 is 0.947 bits per heavy atom. The molecule has 6 nitrogen and oxygen atoms in total. The highest BCUT2D eigenvalue weighted by Crippen LogP contribution is 2.40. The van der Waals surface area contributed by atoms with Crippen LogP contribution in [0.25, 0.3) is 0 Å². The minimum Gasteiger partial charge on any atom is -0.503 e. The molecule has 0 aromatic carbocycles. The van der Waals surface area contributed by atoms with E-state index in [1.54, 1.807) is 0 Å². The van der Waals surface area contributed by atoms with Gasteiger partial charge >= 0.3 is 0 Å². The van der Waals surface area contributed by atoms with Crippen molar-refractivity contribution >= 4 is 48.4 Å². The van der Waals surface area contributed by atoms with Crippen molar-refractivity contribution in [1.82, 2.24) is 10.6 Å². The van der Waals surface area contributed by atoms with E-state index in [2.05, 4.69) is 35.9 Å². The molecule has 0 radical (unpaired) electrons. The highest BCUT2D eigenvalue weighted by molar-refractivity contribution is 7.80. The molecule has 0 aliphatic carbocycles. The van der Waals surface area contributed by atoms with Crippen LogP contribution >= 0.6 is 36.6 Å². The van der Waals surface area contributed by atoms with E-state index in [4.69, 9.17) is 0 Å². The molecule has 4 N–H and O–H groups in total. The Morgan fingerprint density at radius 3 is 1.63 bits per heavy atom. The van der Waals surface area contributed by atoms with E-state index in [1.807, 2.05) is 0 Å². The van der Waals surface area contributed by atoms with Gasteiger partial charge in [0.2, 0.25) is 0 Å². The first-order chi connectivity index (χ1) is 9.02. The van der Waals surface area contributed by atoms with Crippen molar-refractivity contribution in [2.75, 3.05) is 24.6 Å². The zero-order chi connectivity index (χ0) is 14.4. The van der Waals surface area contributed by atoms with E-state index in [1.165, 1.54) is 0 Å². The molecule has 0 spiro atoms. The Labute approximate surface area is 125 Å². The molecule has 0 saturated heterocycles. The molecule has 0 atom stereocenters. The Balaban J connectivity index is 2.92. The van der Waals surface area contributed by atoms with Crippen molar-refractivity contribution in [2.45, 2.75) is 0 Å². The molecule has 0 fully saturated rings. The fourth-order valence-electron chi connectivity index (χ4n) is 1.22. The number of rotatable bonds is 6. The van der Waals surface area contributed by atoms with Gasteiger partial charge in [-0.1, -0.05) is 0 Å². The topological polar surface area (TPSA) is 98.7 Å². The summed E-state index contributed by atoms with van der Waals surface area (Å²) >= 11 is 8.60. The minimum absolute atomic E-state index is 0.102. The summed E-state index contributed by atoms with van der Waals surface area (Å²) in [5.41, 5.74) is 0. The zero-order valence-electron chi connectivity index (χ0n) is 9.84. The number of thiol groups is 2. The molecular weight excluding hydrogens is 308 g/mol. The van der Waals surface area contributed by atoms with Crippen LogP contribution in [0.5, 0.6) is 11.5 Å². The summed E-state index contributed by atoms with van der Waals surface area (Å²) in [7, 11) is 0. The zero-order valence-corrected chi connectivity index (χ0v) is 12.4. The van der Waals surface area contributed by atoms with E-state index in [0.29, 0.717) is 24.6 Å². The molecule has 1 aromatic heterocycles. The second-order valence-corrected chi connectivity index (χ2v) is 5.33. The number of carbonyl (C=O) groups is 2. The number of nitrogens with one attached hydrogen (secondary N) is 2. The monoisotopic (exact) mass is 322 g/mol. The number of thiophene rings is 1. The van der Waals surface area contributed by atoms with Crippen LogP contribution in [0.15, 0.2) is 0 Å². The van der Waals surface area contributed by atoms with Crippen LogP contribution in [-0.2, 0) is 0 Å². The van der Waals surface area contributed by atoms with Crippen molar-refractivity contribution in [3.8, 4) is 11.5 Å². The molecule has 19 heavy (non-hydrogen) atoms. The summed E-state index contributed by atoms with van der Waals surface area (Å²) < 4.78 is 0. The lowest BCUT2D eigenvalue weighted by atomic mass is 10.3. The Kier molecular flexibility index (Phi) is 6.32. The van der Waals surface area contributed by atoms with Crippen molar-refractivity contribution in [3.63, 3.8) is 0 Å². The van der Waals surface area contributed by atoms with E-state index in [-0.39, 0.29) is 9.75 Å². The molecule has 9 heteroatoms. The summed E-state index contributed by atoms with van der Waals surface area (Å²) in [6, 6.07) is 0. The third-order valence-corrected chi connectivity index (χ3v) is 3.68. The number of carbonyl (C=O) groups excluding carboxylic acids is 2. The lowest BCUT2D eigenvalue weighted by molar-refractivity contribution is 0.0948. The molecule has 0 aliphatic rings. The van der Waals surface area contributed by atoms with Crippen LogP contribution in [0.2, 0.25) is 0 Å². The quantitative estimate of drug-likeness (QED) is 0.429. The summed E-state index contributed by atoms with van der Waals surface area (Å²) in [6.07, 6.45) is 0. The van der Waals surface area contributed by atoms with Gasteiger partial charge in [0.15, 0.2) is 11.5 Å². The van der Waals surface area contributed by atoms with E-state index >= 15 is 0 Å². The minimum atomic E-state index is -0.585. The number of hydrogen-bond donors (Lipinski definition) is 6. The Bertz CT molecular complexity index is 435. The van der Waals surface area contributed by atoms with Crippen molar-refractivity contribution < 1.29 is 19.8 Å². The predicted octanol–water partition coefficient (Wildman–Crippen LogP) is 0.478. The van der Waals surface area contributed by atoms with Gasteiger partial charge in [-0.3, -0.25) is 9.59 Å². The average molecular weight is 322 g/mol. The molecule has 1 heterocycles. The first kappa shape index (κ1) is 16.0. The maximum atomic E-state index is 11.7.